The number of halogens is 1. The summed E-state index contributed by atoms with van der Waals surface area (Å²) in [4.78, 5) is 17.2. The maximum Gasteiger partial charge on any atom is 0.226 e. The lowest BCUT2D eigenvalue weighted by Gasteiger charge is -2.22. The lowest BCUT2D eigenvalue weighted by molar-refractivity contribution is -0.121. The van der Waals surface area contributed by atoms with Gasteiger partial charge >= 0.3 is 0 Å². The van der Waals surface area contributed by atoms with Crippen LogP contribution in [0.25, 0.3) is 10.6 Å². The normalized spacial score (nSPS) is 13.7. The van der Waals surface area contributed by atoms with E-state index in [1.54, 1.807) is 0 Å². The largest absolute Gasteiger partial charge is 0.486 e. The minimum Gasteiger partial charge on any atom is -0.486 e. The van der Waals surface area contributed by atoms with Crippen LogP contribution in [0.1, 0.15) is 30.6 Å². The van der Waals surface area contributed by atoms with Crippen molar-refractivity contribution in [2.75, 3.05) is 13.2 Å². The van der Waals surface area contributed by atoms with Crippen LogP contribution in [0, 0.1) is 0 Å². The first-order valence-corrected chi connectivity index (χ1v) is 10.8. The third-order valence-corrected chi connectivity index (χ3v) is 5.96. The van der Waals surface area contributed by atoms with E-state index in [0.717, 1.165) is 39.7 Å². The van der Waals surface area contributed by atoms with Crippen LogP contribution in [-0.4, -0.2) is 24.1 Å². The number of benzene rings is 2. The molecule has 7 heteroatoms. The van der Waals surface area contributed by atoms with Crippen molar-refractivity contribution in [2.24, 2.45) is 0 Å². The van der Waals surface area contributed by atoms with E-state index >= 15 is 0 Å². The summed E-state index contributed by atoms with van der Waals surface area (Å²) in [6.07, 6.45) is 0.995. The Hall–Kier alpha value is -2.57. The number of carbonyl (C=O) groups is 1. The van der Waals surface area contributed by atoms with Crippen molar-refractivity contribution in [1.82, 2.24) is 10.3 Å². The van der Waals surface area contributed by atoms with Crippen LogP contribution >= 0.6 is 22.9 Å². The van der Waals surface area contributed by atoms with Gasteiger partial charge in [0.1, 0.15) is 18.2 Å². The number of aromatic nitrogens is 1. The highest BCUT2D eigenvalue weighted by atomic mass is 35.5. The zero-order valence-corrected chi connectivity index (χ0v) is 17.6. The molecule has 1 unspecified atom stereocenters. The molecule has 2 aromatic carbocycles. The summed E-state index contributed by atoms with van der Waals surface area (Å²) in [6.45, 7) is 3.14. The predicted molar refractivity (Wildman–Crippen MR) is 115 cm³/mol. The number of hydrogen-bond donors (Lipinski definition) is 1. The van der Waals surface area contributed by atoms with Crippen molar-refractivity contribution in [3.8, 4) is 22.1 Å². The Kier molecular flexibility index (Phi) is 6.02. The molecule has 1 atom stereocenters. The topological polar surface area (TPSA) is 60.5 Å². The zero-order valence-electron chi connectivity index (χ0n) is 16.0. The number of fused-ring (bicyclic) bond motifs is 1. The molecule has 2 heterocycles. The van der Waals surface area contributed by atoms with Crippen molar-refractivity contribution in [1.29, 1.82) is 0 Å². The van der Waals surface area contributed by atoms with Crippen LogP contribution < -0.4 is 14.8 Å². The molecule has 3 aromatic rings. The summed E-state index contributed by atoms with van der Waals surface area (Å²) >= 11 is 7.74. The van der Waals surface area contributed by atoms with Crippen molar-refractivity contribution in [2.45, 2.75) is 25.8 Å². The predicted octanol–water partition coefficient (Wildman–Crippen LogP) is 5.04. The van der Waals surface area contributed by atoms with Crippen LogP contribution in [-0.2, 0) is 11.2 Å². The highest BCUT2D eigenvalue weighted by Gasteiger charge is 2.18. The van der Waals surface area contributed by atoms with E-state index in [1.165, 1.54) is 11.3 Å². The fraction of sp³-hybridized carbons (Fsp3) is 0.273. The molecule has 1 N–H and O–H groups in total. The lowest BCUT2D eigenvalue weighted by Crippen LogP contribution is -2.29. The minimum absolute atomic E-state index is 0.0669. The molecule has 29 heavy (non-hydrogen) atoms. The first-order chi connectivity index (χ1) is 14.1. The van der Waals surface area contributed by atoms with Gasteiger partial charge < -0.3 is 14.8 Å². The number of amides is 1. The van der Waals surface area contributed by atoms with Crippen molar-refractivity contribution in [3.05, 3.63) is 64.1 Å². The molecule has 4 rings (SSSR count). The number of rotatable bonds is 6. The average Bonchev–Trinajstić information content (AvgIpc) is 3.20. The van der Waals surface area contributed by atoms with Gasteiger partial charge in [-0.1, -0.05) is 42.8 Å². The van der Waals surface area contributed by atoms with E-state index < -0.39 is 0 Å². The summed E-state index contributed by atoms with van der Waals surface area (Å²) < 4.78 is 11.2. The second kappa shape index (κ2) is 8.84. The van der Waals surface area contributed by atoms with Gasteiger partial charge in [0.05, 0.1) is 23.2 Å². The maximum absolute atomic E-state index is 12.6. The van der Waals surface area contributed by atoms with Gasteiger partial charge in [-0.3, -0.25) is 4.79 Å². The SMILES string of the molecule is CCC(NC(=O)Cc1csc(-c2ccccc2Cl)n1)c1ccc2c(c1)OCCO2. The number of thiazole rings is 1. The molecule has 1 aliphatic heterocycles. The molecule has 5 nitrogen and oxygen atoms in total. The smallest absolute Gasteiger partial charge is 0.226 e. The third kappa shape index (κ3) is 4.54. The summed E-state index contributed by atoms with van der Waals surface area (Å²) in [6, 6.07) is 13.3. The van der Waals surface area contributed by atoms with Gasteiger partial charge in [0.25, 0.3) is 0 Å². The molecule has 1 aliphatic rings. The van der Waals surface area contributed by atoms with E-state index in [-0.39, 0.29) is 18.4 Å². The molecule has 0 fully saturated rings. The minimum atomic E-state index is -0.0972. The van der Waals surface area contributed by atoms with Gasteiger partial charge in [-0.15, -0.1) is 11.3 Å². The molecule has 0 saturated carbocycles. The van der Waals surface area contributed by atoms with Gasteiger partial charge in [0.15, 0.2) is 11.5 Å². The lowest BCUT2D eigenvalue weighted by atomic mass is 10.0. The number of hydrogen-bond acceptors (Lipinski definition) is 5. The van der Waals surface area contributed by atoms with Gasteiger partial charge in [-0.25, -0.2) is 4.98 Å². The summed E-state index contributed by atoms with van der Waals surface area (Å²) in [5, 5.41) is 6.48. The van der Waals surface area contributed by atoms with Crippen molar-refractivity contribution in [3.63, 3.8) is 0 Å². The van der Waals surface area contributed by atoms with E-state index in [2.05, 4.69) is 10.3 Å². The van der Waals surface area contributed by atoms with Gasteiger partial charge in [0, 0.05) is 10.9 Å². The summed E-state index contributed by atoms with van der Waals surface area (Å²) in [5.74, 6) is 1.41. The third-order valence-electron chi connectivity index (χ3n) is 4.71. The first-order valence-electron chi connectivity index (χ1n) is 9.52. The zero-order chi connectivity index (χ0) is 20.2. The van der Waals surface area contributed by atoms with Crippen LogP contribution in [0.2, 0.25) is 5.02 Å². The van der Waals surface area contributed by atoms with Gasteiger partial charge in [-0.05, 0) is 30.2 Å². The van der Waals surface area contributed by atoms with Crippen molar-refractivity contribution >= 4 is 28.8 Å². The van der Waals surface area contributed by atoms with E-state index in [0.29, 0.717) is 18.2 Å². The standard InChI is InChI=1S/C22H21ClN2O3S/c1-2-18(14-7-8-19-20(11-14)28-10-9-27-19)25-21(26)12-15-13-29-22(24-15)16-5-3-4-6-17(16)23/h3-8,11,13,18H,2,9-10,12H2,1H3,(H,25,26). The second-order valence-corrected chi connectivity index (χ2v) is 8.00. The van der Waals surface area contributed by atoms with Crippen LogP contribution in [0.4, 0.5) is 0 Å². The monoisotopic (exact) mass is 428 g/mol. The van der Waals surface area contributed by atoms with E-state index in [4.69, 9.17) is 21.1 Å². The molecule has 0 aliphatic carbocycles. The second-order valence-electron chi connectivity index (χ2n) is 6.73. The Morgan fingerprint density at radius 1 is 1.21 bits per heavy atom. The fourth-order valence-electron chi connectivity index (χ4n) is 3.25. The Morgan fingerprint density at radius 2 is 2.00 bits per heavy atom. The van der Waals surface area contributed by atoms with Crippen LogP contribution in [0.5, 0.6) is 11.5 Å². The quantitative estimate of drug-likeness (QED) is 0.597. The Bertz CT molecular complexity index is 1020. The molecular formula is C22H21ClN2O3S. The molecule has 1 aromatic heterocycles. The maximum atomic E-state index is 12.6. The van der Waals surface area contributed by atoms with E-state index in [1.807, 2.05) is 54.8 Å². The average molecular weight is 429 g/mol. The molecule has 0 bridgehead atoms. The van der Waals surface area contributed by atoms with Crippen LogP contribution in [0.3, 0.4) is 0 Å². The van der Waals surface area contributed by atoms with E-state index in [9.17, 15) is 4.79 Å². The Labute approximate surface area is 178 Å². The van der Waals surface area contributed by atoms with Crippen molar-refractivity contribution < 1.29 is 14.3 Å². The number of ether oxygens (including phenoxy) is 2. The Morgan fingerprint density at radius 3 is 2.79 bits per heavy atom. The van der Waals surface area contributed by atoms with Gasteiger partial charge in [0.2, 0.25) is 5.91 Å². The number of nitrogens with one attached hydrogen (secondary N) is 1. The first kappa shape index (κ1) is 19.7. The summed E-state index contributed by atoms with van der Waals surface area (Å²) in [5.41, 5.74) is 2.62. The molecular weight excluding hydrogens is 408 g/mol. The van der Waals surface area contributed by atoms with Crippen LogP contribution in [0.15, 0.2) is 47.8 Å². The summed E-state index contributed by atoms with van der Waals surface area (Å²) in [7, 11) is 0. The number of nitrogens with zero attached hydrogens (tertiary/aromatic N) is 1. The fourth-order valence-corrected chi connectivity index (χ4v) is 4.39. The highest BCUT2D eigenvalue weighted by molar-refractivity contribution is 7.13. The Balaban J connectivity index is 1.43. The molecule has 150 valence electrons. The molecule has 0 radical (unpaired) electrons. The highest BCUT2D eigenvalue weighted by Crippen LogP contribution is 2.33. The molecule has 0 saturated heterocycles. The number of carbonyl (C=O) groups excluding carboxylic acids is 1. The molecule has 1 amide bonds. The molecule has 0 spiro atoms. The van der Waals surface area contributed by atoms with Gasteiger partial charge in [-0.2, -0.15) is 0 Å².